The van der Waals surface area contributed by atoms with Crippen LogP contribution < -0.4 is 10.2 Å². The number of fused-ring (bicyclic) bond motifs is 5. The normalized spacial score (nSPS) is 14.3. The average Bonchev–Trinajstić information content (AvgIpc) is 2.90. The molecule has 2 heterocycles. The molecule has 4 rings (SSSR count). The Kier molecular flexibility index (Phi) is 1.72. The van der Waals surface area contributed by atoms with Crippen molar-refractivity contribution in [2.75, 3.05) is 23.9 Å². The Bertz CT molecular complexity index is 729. The van der Waals surface area contributed by atoms with Crippen molar-refractivity contribution in [3.8, 4) is 0 Å². The van der Waals surface area contributed by atoms with E-state index in [-0.39, 0.29) is 0 Å². The summed E-state index contributed by atoms with van der Waals surface area (Å²) in [5, 5.41) is 6.16. The summed E-state index contributed by atoms with van der Waals surface area (Å²) in [5.41, 5.74) is 2.61. The number of anilines is 2. The first-order valence-corrected chi connectivity index (χ1v) is 6.55. The van der Waals surface area contributed by atoms with Gasteiger partial charge in [0.15, 0.2) is 0 Å². The standard InChI is InChI=1S/C14H12N2S/c1-16-8-15-11-7-6-10-9-4-2-3-5-12(9)17-14(10)13(11)16/h2-7,15H,8H2,1H3. The Hall–Kier alpha value is -1.74. The van der Waals surface area contributed by atoms with Crippen LogP contribution in [0.2, 0.25) is 0 Å². The second kappa shape index (κ2) is 3.14. The molecule has 0 radical (unpaired) electrons. The quantitative estimate of drug-likeness (QED) is 0.641. The van der Waals surface area contributed by atoms with Crippen LogP contribution in [0.25, 0.3) is 20.2 Å². The molecular formula is C14H12N2S. The molecule has 0 amide bonds. The molecule has 17 heavy (non-hydrogen) atoms. The third-order valence-electron chi connectivity index (χ3n) is 3.41. The largest absolute Gasteiger partial charge is 0.366 e. The number of rotatable bonds is 0. The molecule has 0 saturated heterocycles. The van der Waals surface area contributed by atoms with Crippen molar-refractivity contribution in [2.45, 2.75) is 0 Å². The third-order valence-corrected chi connectivity index (χ3v) is 4.60. The number of benzene rings is 2. The second-order valence-electron chi connectivity index (χ2n) is 4.47. The van der Waals surface area contributed by atoms with Crippen molar-refractivity contribution in [3.05, 3.63) is 36.4 Å². The Labute approximate surface area is 103 Å². The van der Waals surface area contributed by atoms with Crippen LogP contribution in [-0.4, -0.2) is 13.7 Å². The van der Waals surface area contributed by atoms with E-state index in [1.807, 2.05) is 11.3 Å². The van der Waals surface area contributed by atoms with Crippen LogP contribution in [0, 0.1) is 0 Å². The molecule has 1 aliphatic heterocycles. The maximum absolute atomic E-state index is 3.42. The molecule has 1 aromatic heterocycles. The highest BCUT2D eigenvalue weighted by Gasteiger charge is 2.20. The SMILES string of the molecule is CN1CNc2ccc3c(sc4ccccc43)c21. The van der Waals surface area contributed by atoms with Gasteiger partial charge in [-0.2, -0.15) is 0 Å². The summed E-state index contributed by atoms with van der Waals surface area (Å²) < 4.78 is 2.77. The van der Waals surface area contributed by atoms with Crippen LogP contribution in [0.15, 0.2) is 36.4 Å². The first-order chi connectivity index (χ1) is 8.34. The molecule has 0 unspecified atom stereocenters. The summed E-state index contributed by atoms with van der Waals surface area (Å²) in [7, 11) is 2.14. The fourth-order valence-corrected chi connectivity index (χ4v) is 3.88. The molecule has 0 atom stereocenters. The molecule has 2 aromatic carbocycles. The predicted molar refractivity (Wildman–Crippen MR) is 76.2 cm³/mol. The molecule has 1 aliphatic rings. The highest BCUT2D eigenvalue weighted by atomic mass is 32.1. The molecule has 1 N–H and O–H groups in total. The molecule has 2 nitrogen and oxygen atoms in total. The van der Waals surface area contributed by atoms with Crippen LogP contribution in [0.4, 0.5) is 11.4 Å². The maximum atomic E-state index is 3.42. The van der Waals surface area contributed by atoms with E-state index < -0.39 is 0 Å². The maximum Gasteiger partial charge on any atom is 0.0875 e. The third kappa shape index (κ3) is 1.15. The van der Waals surface area contributed by atoms with Gasteiger partial charge in [0.2, 0.25) is 0 Å². The topological polar surface area (TPSA) is 15.3 Å². The van der Waals surface area contributed by atoms with E-state index in [1.54, 1.807) is 0 Å². The van der Waals surface area contributed by atoms with E-state index in [0.717, 1.165) is 6.67 Å². The fourth-order valence-electron chi connectivity index (χ4n) is 2.58. The van der Waals surface area contributed by atoms with E-state index >= 15 is 0 Å². The molecule has 0 spiro atoms. The number of nitrogens with one attached hydrogen (secondary N) is 1. The number of hydrogen-bond acceptors (Lipinski definition) is 3. The van der Waals surface area contributed by atoms with Crippen LogP contribution in [0.3, 0.4) is 0 Å². The predicted octanol–water partition coefficient (Wildman–Crippen LogP) is 3.87. The van der Waals surface area contributed by atoms with Crippen LogP contribution in [0.1, 0.15) is 0 Å². The minimum absolute atomic E-state index is 0.905. The Balaban J connectivity index is 2.22. The first-order valence-electron chi connectivity index (χ1n) is 5.74. The summed E-state index contributed by atoms with van der Waals surface area (Å²) >= 11 is 1.89. The second-order valence-corrected chi connectivity index (χ2v) is 5.52. The zero-order chi connectivity index (χ0) is 11.4. The first kappa shape index (κ1) is 9.31. The van der Waals surface area contributed by atoms with Crippen molar-refractivity contribution < 1.29 is 0 Å². The van der Waals surface area contributed by atoms with E-state index in [4.69, 9.17) is 0 Å². The van der Waals surface area contributed by atoms with Gasteiger partial charge in [0.25, 0.3) is 0 Å². The van der Waals surface area contributed by atoms with Crippen molar-refractivity contribution >= 4 is 42.9 Å². The van der Waals surface area contributed by atoms with Crippen molar-refractivity contribution in [2.24, 2.45) is 0 Å². The zero-order valence-corrected chi connectivity index (χ0v) is 10.3. The monoisotopic (exact) mass is 240 g/mol. The molecule has 3 aromatic rings. The summed E-state index contributed by atoms with van der Waals surface area (Å²) in [6.07, 6.45) is 0. The highest BCUT2D eigenvalue weighted by Crippen LogP contribution is 2.44. The van der Waals surface area contributed by atoms with Gasteiger partial charge in [0.1, 0.15) is 0 Å². The Morgan fingerprint density at radius 1 is 1.12 bits per heavy atom. The van der Waals surface area contributed by atoms with Crippen molar-refractivity contribution in [1.29, 1.82) is 0 Å². The number of thiophene rings is 1. The Morgan fingerprint density at radius 2 is 2.00 bits per heavy atom. The molecular weight excluding hydrogens is 228 g/mol. The average molecular weight is 240 g/mol. The van der Waals surface area contributed by atoms with Gasteiger partial charge in [-0.3, -0.25) is 0 Å². The lowest BCUT2D eigenvalue weighted by atomic mass is 10.1. The van der Waals surface area contributed by atoms with Gasteiger partial charge in [-0.15, -0.1) is 11.3 Å². The smallest absolute Gasteiger partial charge is 0.0875 e. The lowest BCUT2D eigenvalue weighted by Crippen LogP contribution is -2.15. The number of hydrogen-bond donors (Lipinski definition) is 1. The van der Waals surface area contributed by atoms with Crippen LogP contribution in [0.5, 0.6) is 0 Å². The van der Waals surface area contributed by atoms with Crippen LogP contribution >= 0.6 is 11.3 Å². The lowest BCUT2D eigenvalue weighted by molar-refractivity contribution is 1.04. The summed E-state index contributed by atoms with van der Waals surface area (Å²) in [6.45, 7) is 0.905. The minimum Gasteiger partial charge on any atom is -0.366 e. The van der Waals surface area contributed by atoms with Crippen molar-refractivity contribution in [3.63, 3.8) is 0 Å². The molecule has 0 bridgehead atoms. The molecule has 84 valence electrons. The van der Waals surface area contributed by atoms with Gasteiger partial charge >= 0.3 is 0 Å². The zero-order valence-electron chi connectivity index (χ0n) is 9.53. The van der Waals surface area contributed by atoms with E-state index in [2.05, 4.69) is 53.7 Å². The van der Waals surface area contributed by atoms with Gasteiger partial charge in [0.05, 0.1) is 22.7 Å². The van der Waals surface area contributed by atoms with E-state index in [0.29, 0.717) is 0 Å². The summed E-state index contributed by atoms with van der Waals surface area (Å²) in [4.78, 5) is 2.28. The summed E-state index contributed by atoms with van der Waals surface area (Å²) in [5.74, 6) is 0. The summed E-state index contributed by atoms with van der Waals surface area (Å²) in [6, 6.07) is 13.1. The highest BCUT2D eigenvalue weighted by molar-refractivity contribution is 7.26. The molecule has 0 saturated carbocycles. The van der Waals surface area contributed by atoms with E-state index in [1.165, 1.54) is 31.5 Å². The Morgan fingerprint density at radius 3 is 2.94 bits per heavy atom. The van der Waals surface area contributed by atoms with Gasteiger partial charge < -0.3 is 10.2 Å². The minimum atomic E-state index is 0.905. The molecule has 3 heteroatoms. The van der Waals surface area contributed by atoms with Gasteiger partial charge in [-0.25, -0.2) is 0 Å². The van der Waals surface area contributed by atoms with Gasteiger partial charge in [0, 0.05) is 22.5 Å². The molecule has 0 aliphatic carbocycles. The van der Waals surface area contributed by atoms with E-state index in [9.17, 15) is 0 Å². The lowest BCUT2D eigenvalue weighted by Gasteiger charge is -2.10. The van der Waals surface area contributed by atoms with Crippen LogP contribution in [-0.2, 0) is 0 Å². The van der Waals surface area contributed by atoms with Crippen molar-refractivity contribution in [1.82, 2.24) is 0 Å². The number of nitrogens with zero attached hydrogens (tertiary/aromatic N) is 1. The molecule has 0 fully saturated rings. The van der Waals surface area contributed by atoms with Gasteiger partial charge in [-0.05, 0) is 12.1 Å². The van der Waals surface area contributed by atoms with Gasteiger partial charge in [-0.1, -0.05) is 24.3 Å². The fraction of sp³-hybridized carbons (Fsp3) is 0.143.